The summed E-state index contributed by atoms with van der Waals surface area (Å²) in [4.78, 5) is 11.4. The lowest BCUT2D eigenvalue weighted by Crippen LogP contribution is -2.02. The molecule has 1 aliphatic carbocycles. The van der Waals surface area contributed by atoms with Gasteiger partial charge in [-0.2, -0.15) is 0 Å². The van der Waals surface area contributed by atoms with E-state index in [1.54, 1.807) is 6.07 Å². The summed E-state index contributed by atoms with van der Waals surface area (Å²) in [6.45, 7) is 0.459. The molecule has 0 aliphatic heterocycles. The van der Waals surface area contributed by atoms with Crippen LogP contribution in [0.5, 0.6) is 5.75 Å². The van der Waals surface area contributed by atoms with Gasteiger partial charge in [-0.15, -0.1) is 0 Å². The van der Waals surface area contributed by atoms with Crippen LogP contribution in [0.15, 0.2) is 66.7 Å². The van der Waals surface area contributed by atoms with Gasteiger partial charge in [0, 0.05) is 5.02 Å². The van der Waals surface area contributed by atoms with Crippen molar-refractivity contribution in [1.82, 2.24) is 0 Å². The monoisotopic (exact) mass is 406 g/mol. The zero-order chi connectivity index (χ0) is 20.2. The van der Waals surface area contributed by atoms with E-state index < -0.39 is 5.97 Å². The second-order valence-corrected chi connectivity index (χ2v) is 7.97. The van der Waals surface area contributed by atoms with Crippen molar-refractivity contribution >= 4 is 17.6 Å². The Morgan fingerprint density at radius 2 is 1.76 bits per heavy atom. The fourth-order valence-electron chi connectivity index (χ4n) is 4.06. The van der Waals surface area contributed by atoms with Crippen molar-refractivity contribution < 1.29 is 14.6 Å². The highest BCUT2D eigenvalue weighted by Crippen LogP contribution is 2.40. The van der Waals surface area contributed by atoms with E-state index in [1.807, 2.05) is 60.7 Å². The predicted molar refractivity (Wildman–Crippen MR) is 116 cm³/mol. The molecule has 0 bridgehead atoms. The Bertz CT molecular complexity index is 1000. The van der Waals surface area contributed by atoms with E-state index in [4.69, 9.17) is 16.3 Å². The summed E-state index contributed by atoms with van der Waals surface area (Å²) in [6, 6.07) is 21.1. The van der Waals surface area contributed by atoms with Crippen molar-refractivity contribution in [3.8, 4) is 16.9 Å². The van der Waals surface area contributed by atoms with Gasteiger partial charge in [0.15, 0.2) is 0 Å². The first-order valence-corrected chi connectivity index (χ1v) is 10.3. The molecule has 3 aromatic rings. The van der Waals surface area contributed by atoms with E-state index in [-0.39, 0.29) is 0 Å². The highest BCUT2D eigenvalue weighted by molar-refractivity contribution is 6.30. The Hall–Kier alpha value is -2.78. The number of rotatable bonds is 6. The smallest absolute Gasteiger partial charge is 0.335 e. The highest BCUT2D eigenvalue weighted by Gasteiger charge is 2.22. The zero-order valence-corrected chi connectivity index (χ0v) is 16.9. The minimum absolute atomic E-state index is 0.358. The number of carbonyl (C=O) groups is 1. The van der Waals surface area contributed by atoms with Crippen molar-refractivity contribution in [2.75, 3.05) is 0 Å². The van der Waals surface area contributed by atoms with Gasteiger partial charge in [-0.1, -0.05) is 54.8 Å². The van der Waals surface area contributed by atoms with Gasteiger partial charge in [-0.05, 0) is 77.4 Å². The Labute approximate surface area is 175 Å². The fraction of sp³-hybridized carbons (Fsp3) is 0.240. The first-order valence-electron chi connectivity index (χ1n) is 9.95. The average Bonchev–Trinajstić information content (AvgIpc) is 3.27. The van der Waals surface area contributed by atoms with Crippen LogP contribution < -0.4 is 4.74 Å². The van der Waals surface area contributed by atoms with Gasteiger partial charge in [0.2, 0.25) is 0 Å². The molecule has 0 radical (unpaired) electrons. The molecule has 1 aliphatic rings. The molecule has 4 rings (SSSR count). The third-order valence-corrected chi connectivity index (χ3v) is 5.79. The van der Waals surface area contributed by atoms with E-state index in [0.717, 1.165) is 40.8 Å². The third kappa shape index (κ3) is 4.63. The third-order valence-electron chi connectivity index (χ3n) is 5.55. The molecule has 4 heteroatoms. The molecular formula is C25H23ClO3. The highest BCUT2D eigenvalue weighted by atomic mass is 35.5. The Kier molecular flexibility index (Phi) is 5.86. The summed E-state index contributed by atoms with van der Waals surface area (Å²) in [5.74, 6) is 0.349. The lowest BCUT2D eigenvalue weighted by atomic mass is 9.88. The van der Waals surface area contributed by atoms with Gasteiger partial charge in [0.05, 0.1) is 5.56 Å². The molecule has 0 heterocycles. The van der Waals surface area contributed by atoms with Gasteiger partial charge in [-0.25, -0.2) is 4.79 Å². The van der Waals surface area contributed by atoms with Gasteiger partial charge in [-0.3, -0.25) is 0 Å². The SMILES string of the molecule is O=C(O)c1ccc(-c2ccc(OCc3cccc(Cl)c3)cc2)c(C2CCCC2)c1. The maximum absolute atomic E-state index is 11.4. The summed E-state index contributed by atoms with van der Waals surface area (Å²) < 4.78 is 5.88. The normalized spacial score (nSPS) is 14.1. The van der Waals surface area contributed by atoms with Gasteiger partial charge >= 0.3 is 5.97 Å². The van der Waals surface area contributed by atoms with Crippen LogP contribution in [-0.2, 0) is 6.61 Å². The quantitative estimate of drug-likeness (QED) is 0.482. The van der Waals surface area contributed by atoms with Crippen LogP contribution in [-0.4, -0.2) is 11.1 Å². The second kappa shape index (κ2) is 8.71. The molecule has 0 aromatic heterocycles. The molecule has 0 atom stereocenters. The van der Waals surface area contributed by atoms with Crippen LogP contribution in [0.25, 0.3) is 11.1 Å². The van der Waals surface area contributed by atoms with Crippen molar-refractivity contribution in [3.63, 3.8) is 0 Å². The predicted octanol–water partition coefficient (Wildman–Crippen LogP) is 6.94. The molecule has 0 amide bonds. The number of ether oxygens (including phenoxy) is 1. The second-order valence-electron chi connectivity index (χ2n) is 7.53. The largest absolute Gasteiger partial charge is 0.489 e. The standard InChI is InChI=1S/C25H23ClO3/c26-21-7-3-4-17(14-21)16-29-22-11-8-19(9-12-22)23-13-10-20(25(27)28)15-24(23)18-5-1-2-6-18/h3-4,7-15,18H,1-2,5-6,16H2,(H,27,28). The summed E-state index contributed by atoms with van der Waals surface area (Å²) in [6.07, 6.45) is 4.66. The minimum atomic E-state index is -0.874. The number of hydrogen-bond donors (Lipinski definition) is 1. The molecule has 0 unspecified atom stereocenters. The molecule has 1 fully saturated rings. The molecule has 0 spiro atoms. The van der Waals surface area contributed by atoms with Crippen molar-refractivity contribution in [2.45, 2.75) is 38.2 Å². The van der Waals surface area contributed by atoms with E-state index in [9.17, 15) is 9.90 Å². The van der Waals surface area contributed by atoms with Crippen LogP contribution in [0.1, 0.15) is 53.1 Å². The number of carboxylic acids is 1. The van der Waals surface area contributed by atoms with Crippen LogP contribution in [0.2, 0.25) is 5.02 Å². The first kappa shape index (κ1) is 19.5. The van der Waals surface area contributed by atoms with Crippen LogP contribution in [0, 0.1) is 0 Å². The van der Waals surface area contributed by atoms with E-state index in [2.05, 4.69) is 0 Å². The molecule has 29 heavy (non-hydrogen) atoms. The molecule has 0 saturated heterocycles. The summed E-state index contributed by atoms with van der Waals surface area (Å²) in [5, 5.41) is 10.1. The topological polar surface area (TPSA) is 46.5 Å². The summed E-state index contributed by atoms with van der Waals surface area (Å²) in [5.41, 5.74) is 4.73. The number of hydrogen-bond acceptors (Lipinski definition) is 2. The van der Waals surface area contributed by atoms with Crippen molar-refractivity contribution in [2.24, 2.45) is 0 Å². The van der Waals surface area contributed by atoms with Crippen LogP contribution in [0.4, 0.5) is 0 Å². The van der Waals surface area contributed by atoms with Gasteiger partial charge < -0.3 is 9.84 Å². The lowest BCUT2D eigenvalue weighted by Gasteiger charge is -2.17. The number of benzene rings is 3. The van der Waals surface area contributed by atoms with Crippen molar-refractivity contribution in [3.05, 3.63) is 88.4 Å². The lowest BCUT2D eigenvalue weighted by molar-refractivity contribution is 0.0696. The van der Waals surface area contributed by atoms with E-state index in [1.165, 1.54) is 12.8 Å². The minimum Gasteiger partial charge on any atom is -0.489 e. The van der Waals surface area contributed by atoms with E-state index >= 15 is 0 Å². The average molecular weight is 407 g/mol. The van der Waals surface area contributed by atoms with Crippen molar-refractivity contribution in [1.29, 1.82) is 0 Å². The zero-order valence-electron chi connectivity index (χ0n) is 16.1. The molecule has 3 aromatic carbocycles. The maximum Gasteiger partial charge on any atom is 0.335 e. The number of halogens is 1. The molecule has 1 N–H and O–H groups in total. The van der Waals surface area contributed by atoms with E-state index in [0.29, 0.717) is 23.1 Å². The maximum atomic E-state index is 11.4. The summed E-state index contributed by atoms with van der Waals surface area (Å²) >= 11 is 6.02. The molecular weight excluding hydrogens is 384 g/mol. The number of carboxylic acid groups (broad SMARTS) is 1. The molecule has 1 saturated carbocycles. The summed E-state index contributed by atoms with van der Waals surface area (Å²) in [7, 11) is 0. The molecule has 148 valence electrons. The van der Waals surface area contributed by atoms with Gasteiger partial charge in [0.25, 0.3) is 0 Å². The Morgan fingerprint density at radius 3 is 2.45 bits per heavy atom. The first-order chi connectivity index (χ1) is 14.1. The Morgan fingerprint density at radius 1 is 1.00 bits per heavy atom. The molecule has 3 nitrogen and oxygen atoms in total. The fourth-order valence-corrected chi connectivity index (χ4v) is 4.27. The van der Waals surface area contributed by atoms with Crippen LogP contribution in [0.3, 0.4) is 0 Å². The number of aromatic carboxylic acids is 1. The van der Waals surface area contributed by atoms with Crippen LogP contribution >= 0.6 is 11.6 Å². The van der Waals surface area contributed by atoms with Gasteiger partial charge in [0.1, 0.15) is 12.4 Å². The Balaban J connectivity index is 1.56.